The number of fused-ring (bicyclic) bond motifs is 2. The molecule has 0 aromatic rings. The zero-order chi connectivity index (χ0) is 11.8. The maximum absolute atomic E-state index is 12.2. The molecule has 0 saturated heterocycles. The molecule has 2 fully saturated rings. The van der Waals surface area contributed by atoms with Crippen LogP contribution in [-0.4, -0.2) is 19.3 Å². The maximum Gasteiger partial charge on any atom is 0.389 e. The molecule has 94 valence electrons. The largest absolute Gasteiger partial charge is 0.389 e. The van der Waals surface area contributed by atoms with Crippen molar-refractivity contribution in [2.45, 2.75) is 50.7 Å². The van der Waals surface area contributed by atoms with Gasteiger partial charge in [-0.3, -0.25) is 0 Å². The van der Waals surface area contributed by atoms with Gasteiger partial charge in [-0.2, -0.15) is 13.2 Å². The van der Waals surface area contributed by atoms with Crippen LogP contribution in [0.2, 0.25) is 0 Å². The van der Waals surface area contributed by atoms with Crippen molar-refractivity contribution in [2.24, 2.45) is 17.8 Å². The van der Waals surface area contributed by atoms with Crippen LogP contribution in [0.5, 0.6) is 0 Å². The van der Waals surface area contributed by atoms with E-state index >= 15 is 0 Å². The summed E-state index contributed by atoms with van der Waals surface area (Å²) in [5.41, 5.74) is 0. The van der Waals surface area contributed by atoms with Crippen molar-refractivity contribution in [1.29, 1.82) is 0 Å². The van der Waals surface area contributed by atoms with Gasteiger partial charge in [-0.1, -0.05) is 6.42 Å². The minimum absolute atomic E-state index is 0.0666. The molecule has 4 atom stereocenters. The van der Waals surface area contributed by atoms with Gasteiger partial charge in [0.15, 0.2) is 0 Å². The van der Waals surface area contributed by atoms with E-state index in [9.17, 15) is 13.2 Å². The standard InChI is InChI=1S/C12H20F3N/c1-16-11(4-5-12(13,14)15)10-7-8-2-3-9(10)6-8/h8-11,16H,2-7H2,1H3. The fourth-order valence-corrected chi connectivity index (χ4v) is 3.68. The van der Waals surface area contributed by atoms with Crippen LogP contribution in [-0.2, 0) is 0 Å². The van der Waals surface area contributed by atoms with Crippen molar-refractivity contribution in [3.05, 3.63) is 0 Å². The van der Waals surface area contributed by atoms with Gasteiger partial charge in [0.1, 0.15) is 0 Å². The monoisotopic (exact) mass is 235 g/mol. The fourth-order valence-electron chi connectivity index (χ4n) is 3.68. The highest BCUT2D eigenvalue weighted by atomic mass is 19.4. The molecule has 0 heterocycles. The molecule has 0 aliphatic heterocycles. The number of alkyl halides is 3. The third-order valence-electron chi connectivity index (χ3n) is 4.42. The van der Waals surface area contributed by atoms with Gasteiger partial charge in [-0.25, -0.2) is 0 Å². The molecule has 0 spiro atoms. The Labute approximate surface area is 94.8 Å². The summed E-state index contributed by atoms with van der Waals surface area (Å²) in [5.74, 6) is 1.98. The van der Waals surface area contributed by atoms with Gasteiger partial charge in [0.25, 0.3) is 0 Å². The molecule has 0 aromatic heterocycles. The van der Waals surface area contributed by atoms with Crippen LogP contribution in [0, 0.1) is 17.8 Å². The Kier molecular flexibility index (Phi) is 3.48. The van der Waals surface area contributed by atoms with Crippen molar-refractivity contribution in [3.8, 4) is 0 Å². The summed E-state index contributed by atoms with van der Waals surface area (Å²) in [6.07, 6.45) is 0.534. The van der Waals surface area contributed by atoms with Crippen molar-refractivity contribution < 1.29 is 13.2 Å². The van der Waals surface area contributed by atoms with E-state index in [1.807, 2.05) is 0 Å². The third kappa shape index (κ3) is 2.70. The van der Waals surface area contributed by atoms with E-state index in [1.54, 1.807) is 7.05 Å². The minimum atomic E-state index is -4.01. The Balaban J connectivity index is 1.86. The molecule has 1 nitrogen and oxygen atoms in total. The van der Waals surface area contributed by atoms with Crippen LogP contribution in [0.1, 0.15) is 38.5 Å². The Hall–Kier alpha value is -0.250. The minimum Gasteiger partial charge on any atom is -0.317 e. The van der Waals surface area contributed by atoms with E-state index in [4.69, 9.17) is 0 Å². The van der Waals surface area contributed by atoms with Gasteiger partial charge < -0.3 is 5.32 Å². The summed E-state index contributed by atoms with van der Waals surface area (Å²) in [5, 5.41) is 3.10. The van der Waals surface area contributed by atoms with Crippen LogP contribution >= 0.6 is 0 Å². The Bertz CT molecular complexity index is 239. The van der Waals surface area contributed by atoms with Crippen LogP contribution in [0.3, 0.4) is 0 Å². The Morgan fingerprint density at radius 1 is 1.25 bits per heavy atom. The normalized spacial score (nSPS) is 35.6. The van der Waals surface area contributed by atoms with Crippen LogP contribution in [0.25, 0.3) is 0 Å². The predicted molar refractivity (Wildman–Crippen MR) is 57.1 cm³/mol. The van der Waals surface area contributed by atoms with Gasteiger partial charge in [0, 0.05) is 12.5 Å². The van der Waals surface area contributed by atoms with Gasteiger partial charge in [0.2, 0.25) is 0 Å². The molecule has 4 heteroatoms. The second-order valence-corrected chi connectivity index (χ2v) is 5.39. The molecule has 4 unspecified atom stereocenters. The molecule has 2 aliphatic carbocycles. The van der Waals surface area contributed by atoms with Crippen LogP contribution in [0.15, 0.2) is 0 Å². The molecule has 0 aromatic carbocycles. The van der Waals surface area contributed by atoms with Crippen molar-refractivity contribution in [1.82, 2.24) is 5.32 Å². The van der Waals surface area contributed by atoms with E-state index < -0.39 is 12.6 Å². The summed E-state index contributed by atoms with van der Waals surface area (Å²) in [6, 6.07) is 0.0666. The summed E-state index contributed by atoms with van der Waals surface area (Å²) >= 11 is 0. The van der Waals surface area contributed by atoms with E-state index in [1.165, 1.54) is 19.3 Å². The number of hydrogen-bond acceptors (Lipinski definition) is 1. The van der Waals surface area contributed by atoms with E-state index in [-0.39, 0.29) is 12.5 Å². The van der Waals surface area contributed by atoms with Crippen LogP contribution < -0.4 is 5.32 Å². The topological polar surface area (TPSA) is 12.0 Å². The number of halogens is 3. The second-order valence-electron chi connectivity index (χ2n) is 5.39. The van der Waals surface area contributed by atoms with Gasteiger partial charge in [-0.15, -0.1) is 0 Å². The van der Waals surface area contributed by atoms with Crippen molar-refractivity contribution >= 4 is 0 Å². The highest BCUT2D eigenvalue weighted by Gasteiger charge is 2.43. The average Bonchev–Trinajstić information content (AvgIpc) is 2.78. The lowest BCUT2D eigenvalue weighted by Crippen LogP contribution is -2.37. The number of nitrogens with one attached hydrogen (secondary N) is 1. The Morgan fingerprint density at radius 2 is 2.00 bits per heavy atom. The lowest BCUT2D eigenvalue weighted by Gasteiger charge is -2.30. The molecule has 2 bridgehead atoms. The first kappa shape index (κ1) is 12.2. The highest BCUT2D eigenvalue weighted by Crippen LogP contribution is 2.50. The molecular weight excluding hydrogens is 215 g/mol. The number of rotatable bonds is 4. The molecule has 2 rings (SSSR count). The lowest BCUT2D eigenvalue weighted by molar-refractivity contribution is -0.137. The SMILES string of the molecule is CNC(CCC(F)(F)F)C1CC2CCC1C2. The zero-order valence-electron chi connectivity index (χ0n) is 9.69. The first-order valence-corrected chi connectivity index (χ1v) is 6.23. The molecule has 0 amide bonds. The second kappa shape index (κ2) is 4.55. The fraction of sp³-hybridized carbons (Fsp3) is 1.00. The van der Waals surface area contributed by atoms with Gasteiger partial charge >= 0.3 is 6.18 Å². The molecule has 1 N–H and O–H groups in total. The quantitative estimate of drug-likeness (QED) is 0.788. The van der Waals surface area contributed by atoms with E-state index in [2.05, 4.69) is 5.32 Å². The first-order valence-electron chi connectivity index (χ1n) is 6.23. The van der Waals surface area contributed by atoms with Gasteiger partial charge in [0.05, 0.1) is 0 Å². The summed E-state index contributed by atoms with van der Waals surface area (Å²) < 4.78 is 36.6. The molecule has 2 aliphatic rings. The zero-order valence-corrected chi connectivity index (χ0v) is 9.69. The molecule has 2 saturated carbocycles. The van der Waals surface area contributed by atoms with Gasteiger partial charge in [-0.05, 0) is 50.5 Å². The first-order chi connectivity index (χ1) is 7.49. The maximum atomic E-state index is 12.2. The summed E-state index contributed by atoms with van der Waals surface area (Å²) in [7, 11) is 1.80. The van der Waals surface area contributed by atoms with Crippen LogP contribution in [0.4, 0.5) is 13.2 Å². The summed E-state index contributed by atoms with van der Waals surface area (Å²) in [4.78, 5) is 0. The molecular formula is C12H20F3N. The summed E-state index contributed by atoms with van der Waals surface area (Å²) in [6.45, 7) is 0. The Morgan fingerprint density at radius 3 is 2.44 bits per heavy atom. The third-order valence-corrected chi connectivity index (χ3v) is 4.42. The average molecular weight is 235 g/mol. The van der Waals surface area contributed by atoms with E-state index in [0.29, 0.717) is 11.8 Å². The predicted octanol–water partition coefficient (Wildman–Crippen LogP) is 3.35. The van der Waals surface area contributed by atoms with E-state index in [0.717, 1.165) is 12.3 Å². The van der Waals surface area contributed by atoms with Crippen molar-refractivity contribution in [2.75, 3.05) is 7.05 Å². The highest BCUT2D eigenvalue weighted by molar-refractivity contribution is 4.95. The molecule has 16 heavy (non-hydrogen) atoms. The lowest BCUT2D eigenvalue weighted by atomic mass is 9.81. The smallest absolute Gasteiger partial charge is 0.317 e. The van der Waals surface area contributed by atoms with Crippen molar-refractivity contribution in [3.63, 3.8) is 0 Å². The number of hydrogen-bond donors (Lipinski definition) is 1. The molecule has 0 radical (unpaired) electrons.